The molecule has 0 aliphatic rings. The molecule has 0 saturated heterocycles. The molecule has 10 aromatic rings. The standard InChI is InChI=1S/C48H30N6O/c1-5-15-31(16-6-1)43-49-44(32-17-7-2-8-18-32)52-47(51-43)36-24-13-23-35(29-36)38-25-14-26-40-39-28-27-37(30-41(39)55-42(38)40)48-53-45(33-19-9-3-10-20-33)50-46(54-48)34-21-11-4-12-22-34/h1-30H. The number of para-hydroxylation sites is 1. The van der Waals surface area contributed by atoms with Crippen molar-refractivity contribution in [1.29, 1.82) is 0 Å². The second kappa shape index (κ2) is 13.7. The van der Waals surface area contributed by atoms with Gasteiger partial charge in [0.05, 0.1) is 0 Å². The summed E-state index contributed by atoms with van der Waals surface area (Å²) in [7, 11) is 0. The minimum absolute atomic E-state index is 0.574. The van der Waals surface area contributed by atoms with Gasteiger partial charge < -0.3 is 4.42 Å². The zero-order valence-corrected chi connectivity index (χ0v) is 29.4. The van der Waals surface area contributed by atoms with Crippen LogP contribution in [-0.4, -0.2) is 29.9 Å². The highest BCUT2D eigenvalue weighted by molar-refractivity contribution is 6.10. The van der Waals surface area contributed by atoms with Gasteiger partial charge in [0.2, 0.25) is 0 Å². The van der Waals surface area contributed by atoms with E-state index in [0.29, 0.717) is 34.9 Å². The summed E-state index contributed by atoms with van der Waals surface area (Å²) < 4.78 is 6.72. The molecule has 0 amide bonds. The number of hydrogen-bond donors (Lipinski definition) is 0. The Labute approximate surface area is 316 Å². The zero-order chi connectivity index (χ0) is 36.6. The third-order valence-corrected chi connectivity index (χ3v) is 9.59. The summed E-state index contributed by atoms with van der Waals surface area (Å²) in [4.78, 5) is 29.5. The van der Waals surface area contributed by atoms with Crippen LogP contribution in [-0.2, 0) is 0 Å². The third kappa shape index (κ3) is 6.19. The Bertz CT molecular complexity index is 2850. The summed E-state index contributed by atoms with van der Waals surface area (Å²) in [6, 6.07) is 60.7. The molecule has 0 saturated carbocycles. The lowest BCUT2D eigenvalue weighted by atomic mass is 10.00. The normalized spacial score (nSPS) is 11.3. The number of hydrogen-bond acceptors (Lipinski definition) is 7. The van der Waals surface area contributed by atoms with Crippen molar-refractivity contribution in [3.05, 3.63) is 182 Å². The second-order valence-corrected chi connectivity index (χ2v) is 13.2. The van der Waals surface area contributed by atoms with Crippen LogP contribution in [0.25, 0.3) is 101 Å². The summed E-state index contributed by atoms with van der Waals surface area (Å²) in [5.41, 5.74) is 8.91. The van der Waals surface area contributed by atoms with Crippen LogP contribution in [0.15, 0.2) is 186 Å². The van der Waals surface area contributed by atoms with E-state index in [-0.39, 0.29) is 0 Å². The monoisotopic (exact) mass is 706 g/mol. The highest BCUT2D eigenvalue weighted by atomic mass is 16.3. The Balaban J connectivity index is 1.07. The molecule has 0 aliphatic carbocycles. The molecule has 258 valence electrons. The molecule has 10 rings (SSSR count). The molecule has 3 heterocycles. The first-order chi connectivity index (χ1) is 27.2. The van der Waals surface area contributed by atoms with Crippen molar-refractivity contribution in [3.8, 4) is 79.5 Å². The molecular weight excluding hydrogens is 677 g/mol. The summed E-state index contributed by atoms with van der Waals surface area (Å²) in [5, 5.41) is 2.03. The Hall–Kier alpha value is -7.64. The highest BCUT2D eigenvalue weighted by Crippen LogP contribution is 2.38. The predicted octanol–water partition coefficient (Wildman–Crippen LogP) is 11.6. The van der Waals surface area contributed by atoms with Crippen molar-refractivity contribution >= 4 is 21.9 Å². The van der Waals surface area contributed by atoms with E-state index in [1.54, 1.807) is 0 Å². The van der Waals surface area contributed by atoms with Gasteiger partial charge in [0.15, 0.2) is 34.9 Å². The van der Waals surface area contributed by atoms with Crippen LogP contribution in [0.4, 0.5) is 0 Å². The van der Waals surface area contributed by atoms with E-state index in [1.807, 2.05) is 140 Å². The van der Waals surface area contributed by atoms with Crippen LogP contribution in [0, 0.1) is 0 Å². The van der Waals surface area contributed by atoms with E-state index < -0.39 is 0 Å². The number of furan rings is 1. The molecule has 0 aliphatic heterocycles. The average molecular weight is 707 g/mol. The second-order valence-electron chi connectivity index (χ2n) is 13.2. The topological polar surface area (TPSA) is 90.5 Å². The van der Waals surface area contributed by atoms with Gasteiger partial charge in [-0.15, -0.1) is 0 Å². The summed E-state index contributed by atoms with van der Waals surface area (Å²) in [5.74, 6) is 3.63. The largest absolute Gasteiger partial charge is 0.455 e. The number of rotatable bonds is 7. The molecule has 0 atom stereocenters. The van der Waals surface area contributed by atoms with Crippen LogP contribution < -0.4 is 0 Å². The molecule has 0 bridgehead atoms. The summed E-state index contributed by atoms with van der Waals surface area (Å²) in [6.45, 7) is 0. The molecule has 0 radical (unpaired) electrons. The summed E-state index contributed by atoms with van der Waals surface area (Å²) in [6.07, 6.45) is 0. The molecular formula is C48H30N6O. The fourth-order valence-electron chi connectivity index (χ4n) is 6.87. The van der Waals surface area contributed by atoms with Crippen molar-refractivity contribution in [2.45, 2.75) is 0 Å². The first-order valence-electron chi connectivity index (χ1n) is 18.0. The molecule has 0 fully saturated rings. The van der Waals surface area contributed by atoms with Gasteiger partial charge in [0.1, 0.15) is 11.2 Å². The smallest absolute Gasteiger partial charge is 0.164 e. The van der Waals surface area contributed by atoms with Crippen molar-refractivity contribution in [2.75, 3.05) is 0 Å². The van der Waals surface area contributed by atoms with Crippen molar-refractivity contribution in [1.82, 2.24) is 29.9 Å². The molecule has 7 nitrogen and oxygen atoms in total. The number of benzene rings is 7. The van der Waals surface area contributed by atoms with Gasteiger partial charge in [0.25, 0.3) is 0 Å². The third-order valence-electron chi connectivity index (χ3n) is 9.59. The average Bonchev–Trinajstić information content (AvgIpc) is 3.66. The van der Waals surface area contributed by atoms with E-state index in [2.05, 4.69) is 42.5 Å². The van der Waals surface area contributed by atoms with Gasteiger partial charge in [-0.3, -0.25) is 0 Å². The van der Waals surface area contributed by atoms with Gasteiger partial charge in [-0.25, -0.2) is 29.9 Å². The van der Waals surface area contributed by atoms with E-state index in [0.717, 1.165) is 66.4 Å². The van der Waals surface area contributed by atoms with Crippen LogP contribution in [0.3, 0.4) is 0 Å². The maximum atomic E-state index is 6.72. The molecule has 0 spiro atoms. The van der Waals surface area contributed by atoms with E-state index in [1.165, 1.54) is 0 Å². The van der Waals surface area contributed by atoms with E-state index in [4.69, 9.17) is 34.3 Å². The first-order valence-corrected chi connectivity index (χ1v) is 18.0. The lowest BCUT2D eigenvalue weighted by Crippen LogP contribution is -2.00. The fraction of sp³-hybridized carbons (Fsp3) is 0. The highest BCUT2D eigenvalue weighted by Gasteiger charge is 2.18. The van der Waals surface area contributed by atoms with Crippen molar-refractivity contribution in [3.63, 3.8) is 0 Å². The Morgan fingerprint density at radius 3 is 1.13 bits per heavy atom. The van der Waals surface area contributed by atoms with Crippen molar-refractivity contribution < 1.29 is 4.42 Å². The zero-order valence-electron chi connectivity index (χ0n) is 29.4. The van der Waals surface area contributed by atoms with Crippen LogP contribution in [0.2, 0.25) is 0 Å². The van der Waals surface area contributed by atoms with Gasteiger partial charge >= 0.3 is 0 Å². The molecule has 55 heavy (non-hydrogen) atoms. The number of nitrogens with zero attached hydrogens (tertiary/aromatic N) is 6. The van der Waals surface area contributed by atoms with E-state index in [9.17, 15) is 0 Å². The number of fused-ring (bicyclic) bond motifs is 3. The molecule has 7 heteroatoms. The summed E-state index contributed by atoms with van der Waals surface area (Å²) >= 11 is 0. The molecule has 0 N–H and O–H groups in total. The first kappa shape index (κ1) is 32.0. The van der Waals surface area contributed by atoms with Gasteiger partial charge in [0, 0.05) is 49.7 Å². The minimum Gasteiger partial charge on any atom is -0.455 e. The van der Waals surface area contributed by atoms with Crippen LogP contribution in [0.1, 0.15) is 0 Å². The van der Waals surface area contributed by atoms with E-state index >= 15 is 0 Å². The molecule has 3 aromatic heterocycles. The van der Waals surface area contributed by atoms with Gasteiger partial charge in [-0.1, -0.05) is 164 Å². The SMILES string of the molecule is c1ccc(-c2nc(-c3ccccc3)nc(-c3cccc(-c4cccc5c4oc4cc(-c6nc(-c7ccccc7)nc(-c7ccccc7)n6)ccc45)c3)n2)cc1. The maximum absolute atomic E-state index is 6.72. The van der Waals surface area contributed by atoms with Gasteiger partial charge in [-0.2, -0.15) is 0 Å². The molecule has 0 unspecified atom stereocenters. The Morgan fingerprint density at radius 1 is 0.273 bits per heavy atom. The van der Waals surface area contributed by atoms with Crippen molar-refractivity contribution in [2.24, 2.45) is 0 Å². The van der Waals surface area contributed by atoms with Crippen LogP contribution >= 0.6 is 0 Å². The maximum Gasteiger partial charge on any atom is 0.164 e. The molecule has 7 aromatic carbocycles. The quantitative estimate of drug-likeness (QED) is 0.163. The van der Waals surface area contributed by atoms with Crippen LogP contribution in [0.5, 0.6) is 0 Å². The lowest BCUT2D eigenvalue weighted by Gasteiger charge is -2.10. The Morgan fingerprint density at radius 2 is 0.655 bits per heavy atom. The Kier molecular flexibility index (Phi) is 8.00. The van der Waals surface area contributed by atoms with Gasteiger partial charge in [-0.05, 0) is 23.8 Å². The predicted molar refractivity (Wildman–Crippen MR) is 219 cm³/mol. The lowest BCUT2D eigenvalue weighted by molar-refractivity contribution is 0.670. The minimum atomic E-state index is 0.574. The fourth-order valence-corrected chi connectivity index (χ4v) is 6.87. The number of aromatic nitrogens is 6.